The molecule has 132 valence electrons. The van der Waals surface area contributed by atoms with Gasteiger partial charge in [-0.3, -0.25) is 20.2 Å². The predicted octanol–water partition coefficient (Wildman–Crippen LogP) is 1.36. The van der Waals surface area contributed by atoms with Crippen LogP contribution in [0.1, 0.15) is 12.8 Å². The largest absolute Gasteiger partial charge is 0.366 e. The molecule has 0 N–H and O–H groups in total. The van der Waals surface area contributed by atoms with E-state index in [2.05, 4.69) is 0 Å². The molecule has 0 radical (unpaired) electrons. The molecule has 1 aromatic rings. The van der Waals surface area contributed by atoms with Crippen LogP contribution in [0.5, 0.6) is 0 Å². The summed E-state index contributed by atoms with van der Waals surface area (Å²) < 4.78 is 24.5. The molecule has 0 saturated carbocycles. The lowest BCUT2D eigenvalue weighted by Gasteiger charge is -2.36. The van der Waals surface area contributed by atoms with E-state index in [1.54, 1.807) is 4.90 Å². The van der Waals surface area contributed by atoms with Crippen molar-refractivity contribution in [1.82, 2.24) is 4.31 Å². The Morgan fingerprint density at radius 1 is 1.17 bits per heavy atom. The fourth-order valence-electron chi connectivity index (χ4n) is 2.78. The number of piperidine rings is 1. The predicted molar refractivity (Wildman–Crippen MR) is 87.6 cm³/mol. The standard InChI is InChI=1S/C13H18N4O6S/c1-14(24(2,22)23)10-5-7-15(8-6-10)12-4-3-11(16(18)19)9-13(12)17(20)21/h3-4,9-10H,5-8H2,1-2H3. The summed E-state index contributed by atoms with van der Waals surface area (Å²) in [5.41, 5.74) is -0.345. The van der Waals surface area contributed by atoms with Crippen LogP contribution in [0.4, 0.5) is 17.1 Å². The summed E-state index contributed by atoms with van der Waals surface area (Å²) in [4.78, 5) is 22.4. The Morgan fingerprint density at radius 2 is 1.75 bits per heavy atom. The smallest absolute Gasteiger partial charge is 0.299 e. The number of anilines is 1. The van der Waals surface area contributed by atoms with Gasteiger partial charge in [0.2, 0.25) is 10.0 Å². The number of hydrogen-bond acceptors (Lipinski definition) is 7. The topological polar surface area (TPSA) is 127 Å². The summed E-state index contributed by atoms with van der Waals surface area (Å²) in [6, 6.07) is 3.39. The van der Waals surface area contributed by atoms with Crippen molar-refractivity contribution in [3.05, 3.63) is 38.4 Å². The third kappa shape index (κ3) is 3.79. The van der Waals surface area contributed by atoms with E-state index in [9.17, 15) is 28.6 Å². The van der Waals surface area contributed by atoms with Crippen LogP contribution >= 0.6 is 0 Å². The van der Waals surface area contributed by atoms with Gasteiger partial charge in [0.05, 0.1) is 22.2 Å². The maximum atomic E-state index is 11.6. The molecule has 11 heteroatoms. The van der Waals surface area contributed by atoms with Crippen molar-refractivity contribution in [2.75, 3.05) is 31.3 Å². The zero-order chi connectivity index (χ0) is 18.1. The maximum absolute atomic E-state index is 11.6. The van der Waals surface area contributed by atoms with Crippen molar-refractivity contribution in [3.8, 4) is 0 Å². The van der Waals surface area contributed by atoms with Crippen LogP contribution in [-0.2, 0) is 10.0 Å². The van der Waals surface area contributed by atoms with Crippen LogP contribution < -0.4 is 4.90 Å². The Bertz CT molecular complexity index is 758. The van der Waals surface area contributed by atoms with Gasteiger partial charge in [-0.25, -0.2) is 12.7 Å². The lowest BCUT2D eigenvalue weighted by molar-refractivity contribution is -0.393. The van der Waals surface area contributed by atoms with Crippen LogP contribution in [0.15, 0.2) is 18.2 Å². The van der Waals surface area contributed by atoms with E-state index < -0.39 is 19.9 Å². The lowest BCUT2D eigenvalue weighted by Crippen LogP contribution is -2.45. The number of hydrogen-bond donors (Lipinski definition) is 0. The summed E-state index contributed by atoms with van der Waals surface area (Å²) in [6.07, 6.45) is 2.19. The van der Waals surface area contributed by atoms with Gasteiger partial charge in [0.15, 0.2) is 0 Å². The fraction of sp³-hybridized carbons (Fsp3) is 0.538. The Labute approximate surface area is 139 Å². The number of sulfonamides is 1. The van der Waals surface area contributed by atoms with Gasteiger partial charge in [0.1, 0.15) is 5.69 Å². The van der Waals surface area contributed by atoms with Crippen molar-refractivity contribution >= 4 is 27.1 Å². The van der Waals surface area contributed by atoms with E-state index in [1.807, 2.05) is 0 Å². The average Bonchev–Trinajstić information content (AvgIpc) is 2.52. The molecular formula is C13H18N4O6S. The van der Waals surface area contributed by atoms with Gasteiger partial charge in [0, 0.05) is 32.2 Å². The number of benzene rings is 1. The summed E-state index contributed by atoms with van der Waals surface area (Å²) in [6.45, 7) is 0.867. The Hall–Kier alpha value is -2.27. The molecule has 0 atom stereocenters. The monoisotopic (exact) mass is 358 g/mol. The second kappa shape index (κ2) is 6.69. The molecule has 1 heterocycles. The average molecular weight is 358 g/mol. The maximum Gasteiger partial charge on any atom is 0.299 e. The van der Waals surface area contributed by atoms with Gasteiger partial charge in [-0.05, 0) is 18.9 Å². The van der Waals surface area contributed by atoms with E-state index in [0.29, 0.717) is 31.6 Å². The first-order chi connectivity index (χ1) is 11.1. The molecule has 1 aliphatic rings. The number of nitrogens with zero attached hydrogens (tertiary/aromatic N) is 4. The molecule has 1 saturated heterocycles. The van der Waals surface area contributed by atoms with Crippen molar-refractivity contribution in [1.29, 1.82) is 0 Å². The first kappa shape index (κ1) is 18.1. The number of rotatable bonds is 5. The first-order valence-corrected chi connectivity index (χ1v) is 9.07. The molecule has 10 nitrogen and oxygen atoms in total. The van der Waals surface area contributed by atoms with Crippen molar-refractivity contribution in [2.24, 2.45) is 0 Å². The van der Waals surface area contributed by atoms with Gasteiger partial charge in [-0.2, -0.15) is 0 Å². The van der Waals surface area contributed by atoms with Crippen molar-refractivity contribution in [2.45, 2.75) is 18.9 Å². The second-order valence-corrected chi connectivity index (χ2v) is 7.73. The number of nitro groups is 2. The summed E-state index contributed by atoms with van der Waals surface area (Å²) in [5.74, 6) is 0. The third-order valence-electron chi connectivity index (χ3n) is 4.21. The van der Waals surface area contributed by atoms with Gasteiger partial charge in [-0.1, -0.05) is 0 Å². The molecule has 0 aliphatic carbocycles. The molecule has 2 rings (SSSR count). The highest BCUT2D eigenvalue weighted by atomic mass is 32.2. The van der Waals surface area contributed by atoms with Gasteiger partial charge < -0.3 is 4.90 Å². The van der Waals surface area contributed by atoms with Crippen LogP contribution in [0, 0.1) is 20.2 Å². The highest BCUT2D eigenvalue weighted by molar-refractivity contribution is 7.88. The first-order valence-electron chi connectivity index (χ1n) is 7.22. The SMILES string of the molecule is CN(C1CCN(c2ccc([N+](=O)[O-])cc2[N+](=O)[O-])CC1)S(C)(=O)=O. The van der Waals surface area contributed by atoms with Crippen LogP contribution in [0.3, 0.4) is 0 Å². The normalized spacial score (nSPS) is 16.4. The molecule has 24 heavy (non-hydrogen) atoms. The highest BCUT2D eigenvalue weighted by Gasteiger charge is 2.30. The lowest BCUT2D eigenvalue weighted by atomic mass is 10.0. The van der Waals surface area contributed by atoms with E-state index in [1.165, 1.54) is 23.5 Å². The van der Waals surface area contributed by atoms with Gasteiger partial charge in [0.25, 0.3) is 11.4 Å². The number of non-ortho nitro benzene ring substituents is 1. The van der Waals surface area contributed by atoms with Gasteiger partial charge in [-0.15, -0.1) is 0 Å². The Balaban J connectivity index is 2.20. The second-order valence-electron chi connectivity index (χ2n) is 5.68. The summed E-state index contributed by atoms with van der Waals surface area (Å²) >= 11 is 0. The molecule has 0 unspecified atom stereocenters. The van der Waals surface area contributed by atoms with E-state index in [4.69, 9.17) is 0 Å². The molecule has 0 bridgehead atoms. The van der Waals surface area contributed by atoms with Crippen molar-refractivity contribution in [3.63, 3.8) is 0 Å². The zero-order valence-electron chi connectivity index (χ0n) is 13.3. The quantitative estimate of drug-likeness (QED) is 0.574. The fourth-order valence-corrected chi connectivity index (χ4v) is 3.53. The van der Waals surface area contributed by atoms with Crippen LogP contribution in [0.2, 0.25) is 0 Å². The van der Waals surface area contributed by atoms with E-state index in [-0.39, 0.29) is 17.4 Å². The molecule has 1 aliphatic heterocycles. The molecular weight excluding hydrogens is 340 g/mol. The Kier molecular flexibility index (Phi) is 5.04. The molecule has 0 amide bonds. The number of nitro benzene ring substituents is 2. The van der Waals surface area contributed by atoms with E-state index in [0.717, 1.165) is 12.3 Å². The van der Waals surface area contributed by atoms with E-state index >= 15 is 0 Å². The molecule has 1 fully saturated rings. The molecule has 0 spiro atoms. The minimum atomic E-state index is -3.29. The summed E-state index contributed by atoms with van der Waals surface area (Å²) in [7, 11) is -1.77. The molecule has 0 aromatic heterocycles. The van der Waals surface area contributed by atoms with Crippen LogP contribution in [-0.4, -0.2) is 55.0 Å². The molecule has 1 aromatic carbocycles. The minimum absolute atomic E-state index is 0.159. The van der Waals surface area contributed by atoms with Crippen molar-refractivity contribution < 1.29 is 18.3 Å². The van der Waals surface area contributed by atoms with Gasteiger partial charge >= 0.3 is 0 Å². The summed E-state index contributed by atoms with van der Waals surface area (Å²) in [5, 5.41) is 22.0. The Morgan fingerprint density at radius 3 is 2.21 bits per heavy atom. The van der Waals surface area contributed by atoms with Crippen LogP contribution in [0.25, 0.3) is 0 Å². The third-order valence-corrected chi connectivity index (χ3v) is 5.55. The zero-order valence-corrected chi connectivity index (χ0v) is 14.1. The minimum Gasteiger partial charge on any atom is -0.366 e. The highest BCUT2D eigenvalue weighted by Crippen LogP contribution is 2.34.